The maximum atomic E-state index is 12.6. The number of aldehydes is 1. The highest BCUT2D eigenvalue weighted by Crippen LogP contribution is 2.36. The highest BCUT2D eigenvalue weighted by atomic mass is 35.5. The second kappa shape index (κ2) is 2.98. The van der Waals surface area contributed by atoms with E-state index in [0.717, 1.165) is 0 Å². The van der Waals surface area contributed by atoms with Gasteiger partial charge in [0.1, 0.15) is 10.8 Å². The first-order valence-corrected chi connectivity index (χ1v) is 3.30. The van der Waals surface area contributed by atoms with E-state index in [1.54, 1.807) is 0 Å². The van der Waals surface area contributed by atoms with E-state index in [0.29, 0.717) is 6.07 Å². The van der Waals surface area contributed by atoms with E-state index < -0.39 is 22.3 Å². The van der Waals surface area contributed by atoms with Crippen LogP contribution in [-0.4, -0.2) is 16.5 Å². The number of halogens is 2. The van der Waals surface area contributed by atoms with Gasteiger partial charge in [0.2, 0.25) is 0 Å². The SMILES string of the molecule is O=Cc1cc(F)c(O)c(Cl)c1O. The fourth-order valence-electron chi connectivity index (χ4n) is 0.707. The molecule has 0 heterocycles. The first kappa shape index (κ1) is 8.80. The first-order chi connectivity index (χ1) is 5.57. The minimum atomic E-state index is -1.04. The molecule has 0 saturated carbocycles. The summed E-state index contributed by atoms with van der Waals surface area (Å²) in [6, 6.07) is 0.698. The summed E-state index contributed by atoms with van der Waals surface area (Å²) in [7, 11) is 0. The Hall–Kier alpha value is -1.29. The van der Waals surface area contributed by atoms with Crippen LogP contribution in [0.25, 0.3) is 0 Å². The zero-order valence-corrected chi connectivity index (χ0v) is 6.47. The minimum Gasteiger partial charge on any atom is -0.505 e. The van der Waals surface area contributed by atoms with Gasteiger partial charge in [-0.25, -0.2) is 4.39 Å². The van der Waals surface area contributed by atoms with Gasteiger partial charge in [0.05, 0.1) is 5.56 Å². The van der Waals surface area contributed by atoms with Gasteiger partial charge in [-0.1, -0.05) is 11.6 Å². The normalized spacial score (nSPS) is 9.83. The van der Waals surface area contributed by atoms with Crippen molar-refractivity contribution in [3.8, 4) is 11.5 Å². The average Bonchev–Trinajstić information content (AvgIpc) is 2.08. The Kier molecular flexibility index (Phi) is 2.19. The van der Waals surface area contributed by atoms with Crippen molar-refractivity contribution in [2.24, 2.45) is 0 Å². The lowest BCUT2D eigenvalue weighted by Crippen LogP contribution is -1.86. The van der Waals surface area contributed by atoms with Gasteiger partial charge in [-0.3, -0.25) is 4.79 Å². The van der Waals surface area contributed by atoms with Crippen LogP contribution in [0.15, 0.2) is 6.07 Å². The summed E-state index contributed by atoms with van der Waals surface area (Å²) in [4.78, 5) is 10.2. The van der Waals surface area contributed by atoms with Crippen molar-refractivity contribution < 1.29 is 19.4 Å². The van der Waals surface area contributed by atoms with Gasteiger partial charge >= 0.3 is 0 Å². The molecule has 2 N–H and O–H groups in total. The molecular weight excluding hydrogens is 187 g/mol. The molecule has 0 fully saturated rings. The number of hydrogen-bond donors (Lipinski definition) is 2. The van der Waals surface area contributed by atoms with E-state index in [4.69, 9.17) is 21.8 Å². The van der Waals surface area contributed by atoms with Crippen LogP contribution in [0.2, 0.25) is 5.02 Å². The van der Waals surface area contributed by atoms with E-state index >= 15 is 0 Å². The summed E-state index contributed by atoms with van der Waals surface area (Å²) in [5, 5.41) is 17.3. The predicted octanol–water partition coefficient (Wildman–Crippen LogP) is 1.70. The topological polar surface area (TPSA) is 57.5 Å². The van der Waals surface area contributed by atoms with E-state index in [-0.39, 0.29) is 11.8 Å². The molecule has 1 aromatic carbocycles. The van der Waals surface area contributed by atoms with Crippen molar-refractivity contribution >= 4 is 17.9 Å². The lowest BCUT2D eigenvalue weighted by molar-refractivity contribution is 0.112. The third-order valence-electron chi connectivity index (χ3n) is 1.32. The Morgan fingerprint density at radius 3 is 2.50 bits per heavy atom. The van der Waals surface area contributed by atoms with Crippen LogP contribution in [0, 0.1) is 5.82 Å². The zero-order valence-electron chi connectivity index (χ0n) is 5.71. The average molecular weight is 191 g/mol. The predicted molar refractivity (Wildman–Crippen MR) is 40.1 cm³/mol. The summed E-state index contributed by atoms with van der Waals surface area (Å²) >= 11 is 5.27. The van der Waals surface area contributed by atoms with E-state index in [1.165, 1.54) is 0 Å². The number of phenolic OH excluding ortho intramolecular Hbond substituents is 2. The molecule has 5 heteroatoms. The van der Waals surface area contributed by atoms with Crippen molar-refractivity contribution in [3.63, 3.8) is 0 Å². The number of benzene rings is 1. The number of aromatic hydroxyl groups is 2. The molecule has 64 valence electrons. The summed E-state index contributed by atoms with van der Waals surface area (Å²) in [6.45, 7) is 0. The van der Waals surface area contributed by atoms with E-state index in [2.05, 4.69) is 0 Å². The summed E-state index contributed by atoms with van der Waals surface area (Å²) in [5.41, 5.74) is -0.296. The van der Waals surface area contributed by atoms with E-state index in [1.807, 2.05) is 0 Å². The third kappa shape index (κ3) is 1.21. The second-order valence-electron chi connectivity index (χ2n) is 2.08. The van der Waals surface area contributed by atoms with Gasteiger partial charge < -0.3 is 10.2 Å². The Morgan fingerprint density at radius 2 is 2.00 bits per heavy atom. The van der Waals surface area contributed by atoms with Gasteiger partial charge in [0.15, 0.2) is 17.9 Å². The van der Waals surface area contributed by atoms with Gasteiger partial charge in [-0.15, -0.1) is 0 Å². The maximum absolute atomic E-state index is 12.6. The Bertz CT molecular complexity index is 338. The van der Waals surface area contributed by atoms with Crippen LogP contribution in [0.3, 0.4) is 0 Å². The van der Waals surface area contributed by atoms with Crippen LogP contribution in [0.1, 0.15) is 10.4 Å². The molecule has 0 spiro atoms. The smallest absolute Gasteiger partial charge is 0.174 e. The Labute approximate surface area is 72.0 Å². The summed E-state index contributed by atoms with van der Waals surface area (Å²) < 4.78 is 12.6. The minimum absolute atomic E-state index is 0.240. The fourth-order valence-corrected chi connectivity index (χ4v) is 0.906. The van der Waals surface area contributed by atoms with Gasteiger partial charge in [0.25, 0.3) is 0 Å². The molecule has 0 bridgehead atoms. The maximum Gasteiger partial charge on any atom is 0.174 e. The summed E-state index contributed by atoms with van der Waals surface area (Å²) in [6.07, 6.45) is 0.240. The molecule has 0 aliphatic rings. The van der Waals surface area contributed by atoms with Crippen LogP contribution >= 0.6 is 11.6 Å². The van der Waals surface area contributed by atoms with Crippen molar-refractivity contribution in [2.75, 3.05) is 0 Å². The van der Waals surface area contributed by atoms with Crippen molar-refractivity contribution in [3.05, 3.63) is 22.5 Å². The lowest BCUT2D eigenvalue weighted by Gasteiger charge is -2.02. The highest BCUT2D eigenvalue weighted by molar-refractivity contribution is 6.33. The molecule has 0 amide bonds. The Balaban J connectivity index is 3.49. The number of rotatable bonds is 1. The largest absolute Gasteiger partial charge is 0.505 e. The molecule has 0 saturated heterocycles. The van der Waals surface area contributed by atoms with E-state index in [9.17, 15) is 9.18 Å². The quantitative estimate of drug-likeness (QED) is 0.663. The Morgan fingerprint density at radius 1 is 1.42 bits per heavy atom. The molecule has 12 heavy (non-hydrogen) atoms. The number of phenols is 2. The highest BCUT2D eigenvalue weighted by Gasteiger charge is 2.14. The standard InChI is InChI=1S/C7H4ClFO3/c8-5-6(11)3(2-10)1-4(9)7(5)12/h1-2,11-12H. The van der Waals surface area contributed by atoms with Gasteiger partial charge in [0, 0.05) is 0 Å². The number of carbonyl (C=O) groups is 1. The molecule has 1 aromatic rings. The molecule has 0 radical (unpaired) electrons. The second-order valence-corrected chi connectivity index (χ2v) is 2.45. The molecule has 3 nitrogen and oxygen atoms in total. The van der Waals surface area contributed by atoms with Gasteiger partial charge in [-0.05, 0) is 6.07 Å². The molecule has 0 aliphatic heterocycles. The van der Waals surface area contributed by atoms with Crippen LogP contribution in [-0.2, 0) is 0 Å². The molecule has 0 atom stereocenters. The van der Waals surface area contributed by atoms with Gasteiger partial charge in [-0.2, -0.15) is 0 Å². The molecule has 0 aliphatic carbocycles. The monoisotopic (exact) mass is 190 g/mol. The molecular formula is C7H4ClFO3. The van der Waals surface area contributed by atoms with Crippen molar-refractivity contribution in [2.45, 2.75) is 0 Å². The third-order valence-corrected chi connectivity index (χ3v) is 1.68. The van der Waals surface area contributed by atoms with Crippen LogP contribution < -0.4 is 0 Å². The first-order valence-electron chi connectivity index (χ1n) is 2.93. The number of hydrogen-bond acceptors (Lipinski definition) is 3. The van der Waals surface area contributed by atoms with Crippen LogP contribution in [0.5, 0.6) is 11.5 Å². The fraction of sp³-hybridized carbons (Fsp3) is 0. The summed E-state index contributed by atoms with van der Waals surface area (Å²) in [5.74, 6) is -2.52. The van der Waals surface area contributed by atoms with Crippen LogP contribution in [0.4, 0.5) is 4.39 Å². The number of carbonyl (C=O) groups excluding carboxylic acids is 1. The lowest BCUT2D eigenvalue weighted by atomic mass is 10.2. The van der Waals surface area contributed by atoms with Crippen molar-refractivity contribution in [1.82, 2.24) is 0 Å². The molecule has 0 aromatic heterocycles. The molecule has 0 unspecified atom stereocenters. The molecule has 1 rings (SSSR count). The zero-order chi connectivity index (χ0) is 9.30. The van der Waals surface area contributed by atoms with Crippen molar-refractivity contribution in [1.29, 1.82) is 0 Å².